The predicted molar refractivity (Wildman–Crippen MR) is 81.5 cm³/mol. The van der Waals surface area contributed by atoms with Gasteiger partial charge in [0.25, 0.3) is 0 Å². The average molecular weight is 265 g/mol. The number of aryl methyl sites for hydroxylation is 1. The van der Waals surface area contributed by atoms with Gasteiger partial charge in [0, 0.05) is 16.8 Å². The molecule has 1 aromatic rings. The molecule has 1 heterocycles. The van der Waals surface area contributed by atoms with E-state index >= 15 is 0 Å². The Kier molecular flexibility index (Phi) is 5.25. The maximum Gasteiger partial charge on any atom is 0.0162 e. The van der Waals surface area contributed by atoms with Crippen LogP contribution in [0, 0.1) is 5.92 Å². The summed E-state index contributed by atoms with van der Waals surface area (Å²) in [6.45, 7) is 8.15. The first-order valence-electron chi connectivity index (χ1n) is 7.57. The van der Waals surface area contributed by atoms with Crippen molar-refractivity contribution in [3.05, 3.63) is 21.9 Å². The standard InChI is InChI=1S/C16H27NS/c1-4-10-17-16(12(3)5-2)14-7-6-8-15-13(14)9-11-18-15/h9,11-12,14,16-17H,4-8,10H2,1-3H3. The topological polar surface area (TPSA) is 12.0 Å². The molecule has 1 N–H and O–H groups in total. The Morgan fingerprint density at radius 3 is 3.00 bits per heavy atom. The van der Waals surface area contributed by atoms with Gasteiger partial charge in [0.15, 0.2) is 0 Å². The van der Waals surface area contributed by atoms with E-state index in [2.05, 4.69) is 37.5 Å². The largest absolute Gasteiger partial charge is 0.313 e. The number of nitrogens with one attached hydrogen (secondary N) is 1. The van der Waals surface area contributed by atoms with Gasteiger partial charge in [-0.05, 0) is 55.2 Å². The van der Waals surface area contributed by atoms with Crippen LogP contribution in [0.25, 0.3) is 0 Å². The Bertz CT molecular complexity index is 358. The summed E-state index contributed by atoms with van der Waals surface area (Å²) in [6, 6.07) is 3.05. The number of hydrogen-bond acceptors (Lipinski definition) is 2. The van der Waals surface area contributed by atoms with Crippen LogP contribution < -0.4 is 5.32 Å². The average Bonchev–Trinajstić information content (AvgIpc) is 2.87. The molecule has 0 radical (unpaired) electrons. The van der Waals surface area contributed by atoms with Gasteiger partial charge in [-0.25, -0.2) is 0 Å². The van der Waals surface area contributed by atoms with E-state index in [9.17, 15) is 0 Å². The van der Waals surface area contributed by atoms with E-state index < -0.39 is 0 Å². The highest BCUT2D eigenvalue weighted by Gasteiger charge is 2.30. The summed E-state index contributed by atoms with van der Waals surface area (Å²) in [5.41, 5.74) is 1.65. The van der Waals surface area contributed by atoms with E-state index in [1.54, 1.807) is 10.4 Å². The van der Waals surface area contributed by atoms with Gasteiger partial charge in [0.1, 0.15) is 0 Å². The van der Waals surface area contributed by atoms with Gasteiger partial charge < -0.3 is 5.32 Å². The maximum atomic E-state index is 3.83. The molecule has 0 aromatic carbocycles. The van der Waals surface area contributed by atoms with Gasteiger partial charge >= 0.3 is 0 Å². The van der Waals surface area contributed by atoms with Crippen molar-refractivity contribution in [3.63, 3.8) is 0 Å². The van der Waals surface area contributed by atoms with E-state index in [1.807, 2.05) is 11.3 Å². The molecule has 1 nitrogen and oxygen atoms in total. The second-order valence-corrected chi connectivity index (χ2v) is 6.66. The summed E-state index contributed by atoms with van der Waals surface area (Å²) in [6.07, 6.45) is 6.56. The van der Waals surface area contributed by atoms with Crippen LogP contribution in [0.15, 0.2) is 11.4 Å². The van der Waals surface area contributed by atoms with Crippen LogP contribution in [0.2, 0.25) is 0 Å². The van der Waals surface area contributed by atoms with Gasteiger partial charge in [-0.3, -0.25) is 0 Å². The summed E-state index contributed by atoms with van der Waals surface area (Å²) in [7, 11) is 0. The molecule has 2 heteroatoms. The first kappa shape index (κ1) is 14.1. The lowest BCUT2D eigenvalue weighted by atomic mass is 9.77. The molecule has 1 aliphatic rings. The molecule has 1 aromatic heterocycles. The maximum absolute atomic E-state index is 3.83. The molecule has 0 saturated carbocycles. The summed E-state index contributed by atoms with van der Waals surface area (Å²) >= 11 is 1.96. The second-order valence-electron chi connectivity index (χ2n) is 5.66. The van der Waals surface area contributed by atoms with Crippen LogP contribution >= 0.6 is 11.3 Å². The van der Waals surface area contributed by atoms with Crippen molar-refractivity contribution in [2.45, 2.75) is 64.8 Å². The Labute approximate surface area is 116 Å². The third-order valence-corrected chi connectivity index (χ3v) is 5.42. The molecule has 18 heavy (non-hydrogen) atoms. The molecular weight excluding hydrogens is 238 g/mol. The lowest BCUT2D eigenvalue weighted by Crippen LogP contribution is -2.41. The third-order valence-electron chi connectivity index (χ3n) is 4.42. The van der Waals surface area contributed by atoms with Gasteiger partial charge in [-0.15, -0.1) is 11.3 Å². The minimum absolute atomic E-state index is 0.670. The first-order valence-corrected chi connectivity index (χ1v) is 8.45. The van der Waals surface area contributed by atoms with Crippen LogP contribution in [0.3, 0.4) is 0 Å². The molecule has 0 amide bonds. The molecular formula is C16H27NS. The number of hydrogen-bond donors (Lipinski definition) is 1. The predicted octanol–water partition coefficient (Wildman–Crippen LogP) is 4.58. The summed E-state index contributed by atoms with van der Waals surface area (Å²) in [5.74, 6) is 1.52. The monoisotopic (exact) mass is 265 g/mol. The van der Waals surface area contributed by atoms with Gasteiger partial charge in [-0.2, -0.15) is 0 Å². The summed E-state index contributed by atoms with van der Waals surface area (Å²) < 4.78 is 0. The zero-order chi connectivity index (χ0) is 13.0. The molecule has 0 saturated heterocycles. The van der Waals surface area contributed by atoms with E-state index in [0.29, 0.717) is 6.04 Å². The molecule has 0 bridgehead atoms. The highest BCUT2D eigenvalue weighted by molar-refractivity contribution is 7.10. The van der Waals surface area contributed by atoms with Crippen molar-refractivity contribution >= 4 is 11.3 Å². The van der Waals surface area contributed by atoms with E-state index in [1.165, 1.54) is 32.1 Å². The zero-order valence-corrected chi connectivity index (χ0v) is 12.9. The van der Waals surface area contributed by atoms with E-state index in [4.69, 9.17) is 0 Å². The minimum Gasteiger partial charge on any atom is -0.313 e. The molecule has 0 fully saturated rings. The van der Waals surface area contributed by atoms with Crippen molar-refractivity contribution in [3.8, 4) is 0 Å². The fourth-order valence-electron chi connectivity index (χ4n) is 3.20. The summed E-state index contributed by atoms with van der Waals surface area (Å²) in [5, 5.41) is 6.11. The molecule has 3 atom stereocenters. The lowest BCUT2D eigenvalue weighted by Gasteiger charge is -2.35. The van der Waals surface area contributed by atoms with Gasteiger partial charge in [-0.1, -0.05) is 27.2 Å². The third kappa shape index (κ3) is 2.97. The minimum atomic E-state index is 0.670. The number of rotatable bonds is 6. The number of thiophene rings is 1. The summed E-state index contributed by atoms with van der Waals surface area (Å²) in [4.78, 5) is 1.65. The second kappa shape index (κ2) is 6.72. The van der Waals surface area contributed by atoms with Crippen molar-refractivity contribution in [2.75, 3.05) is 6.54 Å². The SMILES string of the molecule is CCCNC(C(C)CC)C1CCCc2sccc21. The Balaban J connectivity index is 2.16. The molecule has 3 unspecified atom stereocenters. The zero-order valence-electron chi connectivity index (χ0n) is 12.0. The molecule has 2 rings (SSSR count). The van der Waals surface area contributed by atoms with Crippen molar-refractivity contribution in [1.29, 1.82) is 0 Å². The highest BCUT2D eigenvalue weighted by atomic mass is 32.1. The fraction of sp³-hybridized carbons (Fsp3) is 0.750. The molecule has 0 spiro atoms. The molecule has 1 aliphatic carbocycles. The van der Waals surface area contributed by atoms with Crippen LogP contribution in [-0.2, 0) is 6.42 Å². The quantitative estimate of drug-likeness (QED) is 0.793. The first-order chi connectivity index (χ1) is 8.77. The number of fused-ring (bicyclic) bond motifs is 1. The Morgan fingerprint density at radius 1 is 1.44 bits per heavy atom. The normalized spacial score (nSPS) is 22.5. The van der Waals surface area contributed by atoms with Crippen LogP contribution in [-0.4, -0.2) is 12.6 Å². The molecule has 0 aliphatic heterocycles. The van der Waals surface area contributed by atoms with Gasteiger partial charge in [0.05, 0.1) is 0 Å². The van der Waals surface area contributed by atoms with Crippen LogP contribution in [0.5, 0.6) is 0 Å². The van der Waals surface area contributed by atoms with Crippen LogP contribution in [0.4, 0.5) is 0 Å². The fourth-order valence-corrected chi connectivity index (χ4v) is 4.20. The Hall–Kier alpha value is -0.340. The Morgan fingerprint density at radius 2 is 2.28 bits per heavy atom. The van der Waals surface area contributed by atoms with Crippen molar-refractivity contribution in [2.24, 2.45) is 5.92 Å². The lowest BCUT2D eigenvalue weighted by molar-refractivity contribution is 0.297. The smallest absolute Gasteiger partial charge is 0.0162 e. The van der Waals surface area contributed by atoms with Crippen molar-refractivity contribution in [1.82, 2.24) is 5.32 Å². The van der Waals surface area contributed by atoms with Crippen molar-refractivity contribution < 1.29 is 0 Å². The highest BCUT2D eigenvalue weighted by Crippen LogP contribution is 2.39. The van der Waals surface area contributed by atoms with Crippen LogP contribution in [0.1, 0.15) is 62.8 Å². The molecule has 102 valence electrons. The van der Waals surface area contributed by atoms with E-state index in [-0.39, 0.29) is 0 Å². The van der Waals surface area contributed by atoms with E-state index in [0.717, 1.165) is 18.4 Å². The van der Waals surface area contributed by atoms with Gasteiger partial charge in [0.2, 0.25) is 0 Å².